The molecule has 0 radical (unpaired) electrons. The van der Waals surface area contributed by atoms with Crippen LogP contribution in [0, 0.1) is 0 Å². The highest BCUT2D eigenvalue weighted by Gasteiger charge is 2.53. The molecule has 2 aliphatic rings. The lowest BCUT2D eigenvalue weighted by atomic mass is 10.1. The van der Waals surface area contributed by atoms with Crippen molar-refractivity contribution >= 4 is 63.3 Å². The van der Waals surface area contributed by atoms with Gasteiger partial charge in [0.05, 0.1) is 33.0 Å². The highest BCUT2D eigenvalue weighted by Crippen LogP contribution is 2.24. The molecular weight excluding hydrogens is 720 g/mol. The minimum atomic E-state index is -1.78. The zero-order valence-corrected chi connectivity index (χ0v) is 29.0. The lowest BCUT2D eigenvalue weighted by molar-refractivity contribution is -0.162. The van der Waals surface area contributed by atoms with E-state index in [-0.39, 0.29) is 33.0 Å². The van der Waals surface area contributed by atoms with E-state index in [0.29, 0.717) is 0 Å². The number of hydrogen-bond acceptors (Lipinski definition) is 18. The van der Waals surface area contributed by atoms with Crippen molar-refractivity contribution in [3.63, 3.8) is 0 Å². The quantitative estimate of drug-likeness (QED) is 0.0632. The van der Waals surface area contributed by atoms with Crippen LogP contribution >= 0.6 is 15.9 Å². The SMILES string of the molecule is CCOC(=O)C(Br)C(O)C(C)=O.CCOC(=O)C(O)C(O)C(C)=O.CCOC(=O)C1OC1C(=O)O.CCOC(=O)C1OC1C(=O)OCC. The van der Waals surface area contributed by atoms with Crippen LogP contribution in [0.2, 0.25) is 0 Å². The van der Waals surface area contributed by atoms with Crippen molar-refractivity contribution in [2.45, 2.75) is 96.0 Å². The summed E-state index contributed by atoms with van der Waals surface area (Å²) in [7, 11) is 0. The van der Waals surface area contributed by atoms with E-state index in [2.05, 4.69) is 44.4 Å². The number of rotatable bonds is 15. The Labute approximate surface area is 284 Å². The first-order valence-corrected chi connectivity index (χ1v) is 15.4. The van der Waals surface area contributed by atoms with Crippen molar-refractivity contribution in [2.75, 3.05) is 33.0 Å². The Morgan fingerprint density at radius 3 is 1.15 bits per heavy atom. The number of Topliss-reactive ketones (excluding diaryl/α,β-unsaturated/α-hetero) is 2. The number of ether oxygens (including phenoxy) is 7. The third kappa shape index (κ3) is 18.1. The molecule has 0 aliphatic carbocycles. The fourth-order valence-corrected chi connectivity index (χ4v) is 3.26. The van der Waals surface area contributed by atoms with Crippen LogP contribution in [0.5, 0.6) is 0 Å². The van der Waals surface area contributed by atoms with Gasteiger partial charge >= 0.3 is 35.8 Å². The summed E-state index contributed by atoms with van der Waals surface area (Å²) in [5, 5.41) is 35.2. The molecule has 2 rings (SSSR count). The van der Waals surface area contributed by atoms with Gasteiger partial charge < -0.3 is 53.6 Å². The summed E-state index contributed by atoms with van der Waals surface area (Å²) >= 11 is 2.86. The molecule has 48 heavy (non-hydrogen) atoms. The van der Waals surface area contributed by atoms with Crippen molar-refractivity contribution in [2.24, 2.45) is 0 Å². The molecule has 0 bridgehead atoms. The van der Waals surface area contributed by atoms with E-state index < -0.39 is 94.9 Å². The molecule has 0 aromatic heterocycles. The third-order valence-electron chi connectivity index (χ3n) is 5.23. The topological polar surface area (TPSA) is 289 Å². The fraction of sp³-hybridized carbons (Fsp3) is 0.714. The number of aliphatic hydroxyl groups is 3. The second-order valence-electron chi connectivity index (χ2n) is 9.01. The predicted octanol–water partition coefficient (Wildman–Crippen LogP) is -1.60. The molecule has 8 atom stereocenters. The Hall–Kier alpha value is -3.56. The fourth-order valence-electron chi connectivity index (χ4n) is 2.76. The van der Waals surface area contributed by atoms with Crippen LogP contribution in [0.3, 0.4) is 0 Å². The largest absolute Gasteiger partial charge is 0.479 e. The monoisotopic (exact) mass is 762 g/mol. The van der Waals surface area contributed by atoms with E-state index in [0.717, 1.165) is 6.92 Å². The van der Waals surface area contributed by atoms with Gasteiger partial charge in [-0.3, -0.25) is 14.4 Å². The number of halogens is 1. The summed E-state index contributed by atoms with van der Waals surface area (Å²) in [6.07, 6.45) is -8.17. The summed E-state index contributed by atoms with van der Waals surface area (Å²) in [6, 6.07) is 0. The number of carboxylic acid groups (broad SMARTS) is 1. The first kappa shape index (κ1) is 46.6. The van der Waals surface area contributed by atoms with Gasteiger partial charge in [-0.25, -0.2) is 24.0 Å². The normalized spacial score (nSPS) is 20.6. The predicted molar refractivity (Wildman–Crippen MR) is 160 cm³/mol. The van der Waals surface area contributed by atoms with Crippen molar-refractivity contribution < 1.29 is 91.9 Å². The van der Waals surface area contributed by atoms with Gasteiger partial charge in [-0.1, -0.05) is 15.9 Å². The van der Waals surface area contributed by atoms with Crippen LogP contribution in [-0.4, -0.2) is 148 Å². The molecule has 2 heterocycles. The molecule has 20 heteroatoms. The molecule has 0 spiro atoms. The van der Waals surface area contributed by atoms with Crippen LogP contribution < -0.4 is 0 Å². The lowest BCUT2D eigenvalue weighted by Gasteiger charge is -2.12. The summed E-state index contributed by atoms with van der Waals surface area (Å²) in [4.78, 5) is 84.5. The smallest absolute Gasteiger partial charge is 0.338 e. The van der Waals surface area contributed by atoms with E-state index in [1.807, 2.05) is 0 Å². The molecule has 0 aromatic rings. The van der Waals surface area contributed by atoms with Crippen LogP contribution in [0.4, 0.5) is 0 Å². The number of epoxide rings is 2. The number of carbonyl (C=O) groups is 8. The Morgan fingerprint density at radius 2 is 0.854 bits per heavy atom. The van der Waals surface area contributed by atoms with Crippen LogP contribution in [0.1, 0.15) is 48.5 Å². The van der Waals surface area contributed by atoms with Gasteiger partial charge in [0.25, 0.3) is 0 Å². The van der Waals surface area contributed by atoms with Crippen molar-refractivity contribution in [1.82, 2.24) is 0 Å². The minimum Gasteiger partial charge on any atom is -0.479 e. The molecule has 276 valence electrons. The first-order valence-electron chi connectivity index (χ1n) is 14.4. The van der Waals surface area contributed by atoms with Gasteiger partial charge in [-0.05, 0) is 48.5 Å². The number of aliphatic carboxylic acids is 1. The zero-order chi connectivity index (χ0) is 37.7. The number of alkyl halides is 1. The summed E-state index contributed by atoms with van der Waals surface area (Å²) < 4.78 is 32.1. The van der Waals surface area contributed by atoms with E-state index in [4.69, 9.17) is 25.2 Å². The third-order valence-corrected chi connectivity index (χ3v) is 6.11. The lowest BCUT2D eigenvalue weighted by Crippen LogP contribution is -2.39. The number of aliphatic hydroxyl groups excluding tert-OH is 3. The highest BCUT2D eigenvalue weighted by molar-refractivity contribution is 9.10. The number of carbonyl (C=O) groups excluding carboxylic acids is 7. The number of ketones is 2. The molecule has 0 aromatic carbocycles. The van der Waals surface area contributed by atoms with Crippen molar-refractivity contribution in [3.05, 3.63) is 0 Å². The Bertz CT molecular complexity index is 1030. The van der Waals surface area contributed by atoms with Gasteiger partial charge in [0, 0.05) is 0 Å². The average molecular weight is 764 g/mol. The Kier molecular flexibility index (Phi) is 23.8. The van der Waals surface area contributed by atoms with Crippen LogP contribution in [0.25, 0.3) is 0 Å². The van der Waals surface area contributed by atoms with E-state index >= 15 is 0 Å². The zero-order valence-electron chi connectivity index (χ0n) is 27.4. The van der Waals surface area contributed by atoms with E-state index in [1.165, 1.54) is 6.92 Å². The number of hydrogen-bond donors (Lipinski definition) is 4. The molecule has 4 N–H and O–H groups in total. The van der Waals surface area contributed by atoms with E-state index in [9.17, 15) is 38.4 Å². The molecule has 2 aliphatic heterocycles. The molecular formula is C28H43BrO19. The molecule has 8 unspecified atom stereocenters. The molecule has 0 saturated carbocycles. The Morgan fingerprint density at radius 1 is 0.542 bits per heavy atom. The first-order chi connectivity index (χ1) is 22.4. The van der Waals surface area contributed by atoms with Gasteiger partial charge in [0.2, 0.25) is 0 Å². The van der Waals surface area contributed by atoms with Crippen LogP contribution in [0.15, 0.2) is 0 Å². The number of esters is 5. The summed E-state index contributed by atoms with van der Waals surface area (Å²) in [5.41, 5.74) is 0. The maximum Gasteiger partial charge on any atom is 0.338 e. The average Bonchev–Trinajstić information content (AvgIpc) is 3.95. The van der Waals surface area contributed by atoms with Gasteiger partial charge in [0.15, 0.2) is 42.1 Å². The maximum absolute atomic E-state index is 11.0. The minimum absolute atomic E-state index is 0.0977. The molecule has 0 amide bonds. The highest BCUT2D eigenvalue weighted by atomic mass is 79.9. The Balaban J connectivity index is 0. The molecule has 2 fully saturated rings. The van der Waals surface area contributed by atoms with Gasteiger partial charge in [-0.2, -0.15) is 0 Å². The van der Waals surface area contributed by atoms with Crippen molar-refractivity contribution in [1.29, 1.82) is 0 Å². The summed E-state index contributed by atoms with van der Waals surface area (Å²) in [5.74, 6) is -5.47. The van der Waals surface area contributed by atoms with E-state index in [1.54, 1.807) is 34.6 Å². The summed E-state index contributed by atoms with van der Waals surface area (Å²) in [6.45, 7) is 11.7. The van der Waals surface area contributed by atoms with Gasteiger partial charge in [0.1, 0.15) is 17.0 Å². The molecule has 19 nitrogen and oxygen atoms in total. The maximum atomic E-state index is 11.0. The second-order valence-corrected chi connectivity index (χ2v) is 10.00. The van der Waals surface area contributed by atoms with Gasteiger partial charge in [-0.15, -0.1) is 0 Å². The second kappa shape index (κ2) is 24.6. The standard InChI is InChI=1S/C8H12O5.C7H11BrO4.C7H12O5.C6H8O5/c1-3-11-7(9)5-6(13-5)8(10)12-4-2;1-3-12-7(11)5(8)6(10)4(2)9;1-3-12-7(11)6(10)5(9)4(2)8;1-2-10-6(9)4-3(11-4)5(7)8/h5-6H,3-4H2,1-2H3;5-6,10H,3H2,1-2H3;5-6,9-10H,3H2,1-2H3;3-4H,2H2,1H3,(H,7,8). The molecule has 2 saturated heterocycles. The van der Waals surface area contributed by atoms with Crippen molar-refractivity contribution in [3.8, 4) is 0 Å². The number of carboxylic acids is 1. The van der Waals surface area contributed by atoms with Crippen LogP contribution in [-0.2, 0) is 71.5 Å².